The topological polar surface area (TPSA) is 59.1 Å². The summed E-state index contributed by atoms with van der Waals surface area (Å²) in [5.74, 6) is 1.85. The predicted molar refractivity (Wildman–Crippen MR) is 107 cm³/mol. The highest BCUT2D eigenvalue weighted by Gasteiger charge is 2.08. The fraction of sp³-hybridized carbons (Fsp3) is 0.200. The van der Waals surface area contributed by atoms with Gasteiger partial charge in [-0.3, -0.25) is 0 Å². The van der Waals surface area contributed by atoms with Crippen molar-refractivity contribution in [1.29, 1.82) is 0 Å². The number of nitrogens with one attached hydrogen (secondary N) is 2. The molecule has 0 atom stereocenters. The van der Waals surface area contributed by atoms with Gasteiger partial charge >= 0.3 is 0 Å². The van der Waals surface area contributed by atoms with Crippen LogP contribution >= 0.6 is 11.6 Å². The van der Waals surface area contributed by atoms with Gasteiger partial charge in [-0.2, -0.15) is 4.98 Å². The highest BCUT2D eigenvalue weighted by Crippen LogP contribution is 2.30. The summed E-state index contributed by atoms with van der Waals surface area (Å²) in [6.45, 7) is 4.06. The lowest BCUT2D eigenvalue weighted by Crippen LogP contribution is -2.03. The van der Waals surface area contributed by atoms with Crippen LogP contribution in [0.15, 0.2) is 48.5 Å². The molecule has 0 aliphatic carbocycles. The fourth-order valence-electron chi connectivity index (χ4n) is 2.56. The SMILES string of the molecule is CCc1ccc(Nc2cc(C)nc(Nc3cc(Cl)ccc3OC)n2)cc1. The van der Waals surface area contributed by atoms with Crippen molar-refractivity contribution in [2.75, 3.05) is 17.7 Å². The molecule has 6 heteroatoms. The van der Waals surface area contributed by atoms with Crippen molar-refractivity contribution >= 4 is 34.7 Å². The second-order valence-electron chi connectivity index (χ2n) is 5.86. The van der Waals surface area contributed by atoms with E-state index >= 15 is 0 Å². The van der Waals surface area contributed by atoms with Gasteiger partial charge in [-0.1, -0.05) is 30.7 Å². The number of aryl methyl sites for hydroxylation is 2. The first kappa shape index (κ1) is 18.0. The van der Waals surface area contributed by atoms with E-state index < -0.39 is 0 Å². The number of ether oxygens (including phenoxy) is 1. The van der Waals surface area contributed by atoms with Crippen LogP contribution in [-0.2, 0) is 6.42 Å². The Morgan fingerprint density at radius 2 is 1.77 bits per heavy atom. The monoisotopic (exact) mass is 368 g/mol. The second kappa shape index (κ2) is 8.06. The predicted octanol–water partition coefficient (Wildman–Crippen LogP) is 5.50. The molecule has 0 aliphatic heterocycles. The standard InChI is InChI=1S/C20H21ClN4O/c1-4-14-5-8-16(9-6-14)23-19-11-13(2)22-20(25-19)24-17-12-15(21)7-10-18(17)26-3/h5-12H,4H2,1-3H3,(H2,22,23,24,25). The summed E-state index contributed by atoms with van der Waals surface area (Å²) in [6, 6.07) is 15.5. The van der Waals surface area contributed by atoms with Crippen LogP contribution in [0.3, 0.4) is 0 Å². The van der Waals surface area contributed by atoms with Crippen molar-refractivity contribution in [3.8, 4) is 5.75 Å². The molecule has 3 aromatic rings. The summed E-state index contributed by atoms with van der Waals surface area (Å²) in [5.41, 5.74) is 3.83. The van der Waals surface area contributed by atoms with Crippen LogP contribution in [0, 0.1) is 6.92 Å². The van der Waals surface area contributed by atoms with Crippen LogP contribution in [-0.4, -0.2) is 17.1 Å². The maximum absolute atomic E-state index is 6.09. The van der Waals surface area contributed by atoms with Crippen molar-refractivity contribution in [2.24, 2.45) is 0 Å². The Balaban J connectivity index is 1.84. The minimum atomic E-state index is 0.471. The van der Waals surface area contributed by atoms with Crippen molar-refractivity contribution in [1.82, 2.24) is 9.97 Å². The zero-order chi connectivity index (χ0) is 18.5. The van der Waals surface area contributed by atoms with E-state index in [9.17, 15) is 0 Å². The number of hydrogen-bond acceptors (Lipinski definition) is 5. The van der Waals surface area contributed by atoms with Crippen LogP contribution in [0.2, 0.25) is 5.02 Å². The van der Waals surface area contributed by atoms with Crippen molar-refractivity contribution < 1.29 is 4.74 Å². The summed E-state index contributed by atoms with van der Waals surface area (Å²) in [5, 5.41) is 7.10. The van der Waals surface area contributed by atoms with E-state index in [1.54, 1.807) is 25.3 Å². The number of rotatable bonds is 6. The highest BCUT2D eigenvalue weighted by atomic mass is 35.5. The number of halogens is 1. The molecule has 5 nitrogen and oxygen atoms in total. The summed E-state index contributed by atoms with van der Waals surface area (Å²) in [7, 11) is 1.61. The van der Waals surface area contributed by atoms with Gasteiger partial charge in [-0.15, -0.1) is 0 Å². The lowest BCUT2D eigenvalue weighted by molar-refractivity contribution is 0.417. The summed E-state index contributed by atoms with van der Waals surface area (Å²) in [4.78, 5) is 8.98. The first-order valence-corrected chi connectivity index (χ1v) is 8.77. The summed E-state index contributed by atoms with van der Waals surface area (Å²) >= 11 is 6.09. The third kappa shape index (κ3) is 4.43. The Morgan fingerprint density at radius 3 is 2.46 bits per heavy atom. The molecule has 1 aromatic heterocycles. The molecular weight excluding hydrogens is 348 g/mol. The average molecular weight is 369 g/mol. The second-order valence-corrected chi connectivity index (χ2v) is 6.30. The average Bonchev–Trinajstić information content (AvgIpc) is 2.62. The summed E-state index contributed by atoms with van der Waals surface area (Å²) in [6.07, 6.45) is 1.02. The van der Waals surface area contributed by atoms with Crippen LogP contribution in [0.25, 0.3) is 0 Å². The van der Waals surface area contributed by atoms with Crippen LogP contribution in [0.1, 0.15) is 18.2 Å². The van der Waals surface area contributed by atoms with Gasteiger partial charge < -0.3 is 15.4 Å². The van der Waals surface area contributed by atoms with Gasteiger partial charge in [-0.05, 0) is 49.2 Å². The van der Waals surface area contributed by atoms with E-state index in [1.165, 1.54) is 5.56 Å². The molecule has 0 radical (unpaired) electrons. The Bertz CT molecular complexity index is 897. The third-order valence-corrected chi connectivity index (χ3v) is 4.13. The largest absolute Gasteiger partial charge is 0.495 e. The summed E-state index contributed by atoms with van der Waals surface area (Å²) < 4.78 is 5.36. The molecule has 0 saturated heterocycles. The van der Waals surface area contributed by atoms with Crippen molar-refractivity contribution in [3.63, 3.8) is 0 Å². The van der Waals surface area contributed by atoms with Crippen molar-refractivity contribution in [2.45, 2.75) is 20.3 Å². The quantitative estimate of drug-likeness (QED) is 0.601. The molecule has 26 heavy (non-hydrogen) atoms. The number of hydrogen-bond donors (Lipinski definition) is 2. The number of anilines is 4. The number of aromatic nitrogens is 2. The zero-order valence-electron chi connectivity index (χ0n) is 15.0. The molecule has 0 amide bonds. The maximum Gasteiger partial charge on any atom is 0.229 e. The fourth-order valence-corrected chi connectivity index (χ4v) is 2.73. The molecule has 134 valence electrons. The van der Waals surface area contributed by atoms with E-state index in [4.69, 9.17) is 16.3 Å². The van der Waals surface area contributed by atoms with Gasteiger partial charge in [0, 0.05) is 22.5 Å². The van der Waals surface area contributed by atoms with E-state index in [0.29, 0.717) is 28.2 Å². The molecule has 2 N–H and O–H groups in total. The lowest BCUT2D eigenvalue weighted by Gasteiger charge is -2.13. The van der Waals surface area contributed by atoms with Crippen molar-refractivity contribution in [3.05, 3.63) is 64.8 Å². The zero-order valence-corrected chi connectivity index (χ0v) is 15.8. The Morgan fingerprint density at radius 1 is 1.00 bits per heavy atom. The van der Waals surface area contributed by atoms with Crippen LogP contribution in [0.5, 0.6) is 5.75 Å². The van der Waals surface area contributed by atoms with Crippen LogP contribution in [0.4, 0.5) is 23.1 Å². The molecule has 0 saturated carbocycles. The van der Waals surface area contributed by atoms with Gasteiger partial charge in [0.05, 0.1) is 12.8 Å². The third-order valence-electron chi connectivity index (χ3n) is 3.90. The first-order chi connectivity index (χ1) is 12.6. The highest BCUT2D eigenvalue weighted by molar-refractivity contribution is 6.31. The van der Waals surface area contributed by atoms with Gasteiger partial charge in [0.1, 0.15) is 11.6 Å². The van der Waals surface area contributed by atoms with Crippen LogP contribution < -0.4 is 15.4 Å². The Hall–Kier alpha value is -2.79. The molecular formula is C20H21ClN4O. The smallest absolute Gasteiger partial charge is 0.229 e. The molecule has 3 rings (SSSR count). The lowest BCUT2D eigenvalue weighted by atomic mass is 10.1. The van der Waals surface area contributed by atoms with E-state index in [2.05, 4.69) is 39.7 Å². The van der Waals surface area contributed by atoms with E-state index in [1.807, 2.05) is 25.1 Å². The maximum atomic E-state index is 6.09. The minimum Gasteiger partial charge on any atom is -0.495 e. The molecule has 0 spiro atoms. The van der Waals surface area contributed by atoms with Gasteiger partial charge in [-0.25, -0.2) is 4.98 Å². The van der Waals surface area contributed by atoms with Gasteiger partial charge in [0.15, 0.2) is 0 Å². The molecule has 0 aliphatic rings. The normalized spacial score (nSPS) is 10.5. The number of nitrogens with zero attached hydrogens (tertiary/aromatic N) is 2. The first-order valence-electron chi connectivity index (χ1n) is 8.39. The molecule has 0 fully saturated rings. The molecule has 2 aromatic carbocycles. The Labute approximate surface area is 158 Å². The van der Waals surface area contributed by atoms with E-state index in [0.717, 1.165) is 17.8 Å². The van der Waals surface area contributed by atoms with E-state index in [-0.39, 0.29) is 0 Å². The number of benzene rings is 2. The van der Waals surface area contributed by atoms with Gasteiger partial charge in [0.2, 0.25) is 5.95 Å². The Kier molecular flexibility index (Phi) is 5.58. The number of methoxy groups -OCH3 is 1. The molecule has 0 bridgehead atoms. The molecule has 1 heterocycles. The minimum absolute atomic E-state index is 0.471. The molecule has 0 unspecified atom stereocenters. The van der Waals surface area contributed by atoms with Gasteiger partial charge in [0.25, 0.3) is 0 Å².